The molecule has 1 aliphatic rings. The van der Waals surface area contributed by atoms with Crippen LogP contribution in [-0.2, 0) is 11.4 Å². The van der Waals surface area contributed by atoms with E-state index in [-0.39, 0.29) is 5.91 Å². The molecule has 0 N–H and O–H groups in total. The van der Waals surface area contributed by atoms with Gasteiger partial charge in [-0.05, 0) is 88.2 Å². The van der Waals surface area contributed by atoms with Crippen LogP contribution >= 0.6 is 27.7 Å². The summed E-state index contributed by atoms with van der Waals surface area (Å²) in [4.78, 5) is 19.9. The smallest absolute Gasteiger partial charge is 0.266 e. The molecule has 1 saturated heterocycles. The molecule has 5 nitrogen and oxygen atoms in total. The highest BCUT2D eigenvalue weighted by Crippen LogP contribution is 2.35. The molecule has 0 radical (unpaired) electrons. The second-order valence-corrected chi connectivity index (χ2v) is 9.08. The second-order valence-electron chi connectivity index (χ2n) is 7.22. The molecule has 0 unspecified atom stereocenters. The lowest BCUT2D eigenvalue weighted by molar-refractivity contribution is -0.122. The number of aliphatic imine (C=N–C) groups is 1. The van der Waals surface area contributed by atoms with Gasteiger partial charge in [0.25, 0.3) is 5.91 Å². The van der Waals surface area contributed by atoms with Crippen molar-refractivity contribution in [1.82, 2.24) is 4.90 Å². The molecular weight excluding hydrogens is 500 g/mol. The highest BCUT2D eigenvalue weighted by atomic mass is 79.9. The van der Waals surface area contributed by atoms with Crippen molar-refractivity contribution in [2.75, 3.05) is 13.7 Å². The second kappa shape index (κ2) is 10.7. The van der Waals surface area contributed by atoms with E-state index < -0.39 is 0 Å². The molecule has 1 heterocycles. The van der Waals surface area contributed by atoms with Gasteiger partial charge in [0.2, 0.25) is 0 Å². The molecule has 33 heavy (non-hydrogen) atoms. The lowest BCUT2D eigenvalue weighted by Crippen LogP contribution is -2.28. The lowest BCUT2D eigenvalue weighted by Gasteiger charge is -2.12. The van der Waals surface area contributed by atoms with E-state index in [0.717, 1.165) is 32.8 Å². The van der Waals surface area contributed by atoms with E-state index in [4.69, 9.17) is 9.47 Å². The number of amides is 1. The normalized spacial score (nSPS) is 16.0. The van der Waals surface area contributed by atoms with Crippen molar-refractivity contribution in [3.63, 3.8) is 0 Å². The van der Waals surface area contributed by atoms with Crippen LogP contribution in [0.15, 0.2) is 87.2 Å². The van der Waals surface area contributed by atoms with Gasteiger partial charge < -0.3 is 9.47 Å². The zero-order chi connectivity index (χ0) is 23.2. The van der Waals surface area contributed by atoms with Crippen LogP contribution in [0.4, 0.5) is 5.69 Å². The Morgan fingerprint density at radius 2 is 1.82 bits per heavy atom. The molecule has 0 atom stereocenters. The van der Waals surface area contributed by atoms with Crippen LogP contribution in [0.3, 0.4) is 0 Å². The molecule has 0 aliphatic carbocycles. The topological polar surface area (TPSA) is 51.1 Å². The summed E-state index contributed by atoms with van der Waals surface area (Å²) in [7, 11) is 1.63. The fourth-order valence-electron chi connectivity index (χ4n) is 3.25. The largest absolute Gasteiger partial charge is 0.497 e. The number of hydrogen-bond acceptors (Lipinski definition) is 5. The van der Waals surface area contributed by atoms with Gasteiger partial charge >= 0.3 is 0 Å². The molecule has 3 aromatic rings. The van der Waals surface area contributed by atoms with Crippen molar-refractivity contribution in [2.24, 2.45) is 4.99 Å². The van der Waals surface area contributed by atoms with Gasteiger partial charge in [-0.3, -0.25) is 9.69 Å². The minimum atomic E-state index is -0.0460. The fourth-order valence-corrected chi connectivity index (χ4v) is 4.82. The molecule has 3 aromatic carbocycles. The summed E-state index contributed by atoms with van der Waals surface area (Å²) in [6.07, 6.45) is 1.89. The number of carbonyl (C=O) groups is 1. The SMILES string of the molecule is CCN1C(=O)/C(=C\c2ccc(OCc3ccccc3)c(Br)c2)SC1=Nc1ccc(OC)cc1. The molecule has 0 saturated carbocycles. The lowest BCUT2D eigenvalue weighted by atomic mass is 10.2. The zero-order valence-electron chi connectivity index (χ0n) is 18.3. The van der Waals surface area contributed by atoms with Gasteiger partial charge in [0, 0.05) is 6.54 Å². The molecule has 1 fully saturated rings. The summed E-state index contributed by atoms with van der Waals surface area (Å²) in [5.41, 5.74) is 2.78. The summed E-state index contributed by atoms with van der Waals surface area (Å²) >= 11 is 4.97. The predicted octanol–water partition coefficient (Wildman–Crippen LogP) is 6.66. The third kappa shape index (κ3) is 5.67. The minimum absolute atomic E-state index is 0.0460. The number of benzene rings is 3. The number of hydrogen-bond donors (Lipinski definition) is 0. The van der Waals surface area contributed by atoms with E-state index in [1.807, 2.05) is 85.8 Å². The summed E-state index contributed by atoms with van der Waals surface area (Å²) in [5, 5.41) is 0.667. The first-order chi connectivity index (χ1) is 16.1. The van der Waals surface area contributed by atoms with Crippen LogP contribution in [0.25, 0.3) is 6.08 Å². The maximum absolute atomic E-state index is 13.0. The first kappa shape index (κ1) is 23.1. The standard InChI is InChI=1S/C26H23BrN2O3S/c1-3-29-25(30)24(33-26(29)28-20-10-12-21(31-2)13-11-20)16-19-9-14-23(22(27)15-19)32-17-18-7-5-4-6-8-18/h4-16H,3,17H2,1-2H3/b24-16+,28-26?. The third-order valence-electron chi connectivity index (χ3n) is 4.99. The Kier molecular flexibility index (Phi) is 7.52. The van der Waals surface area contributed by atoms with Crippen LogP contribution in [0.1, 0.15) is 18.1 Å². The molecule has 0 aromatic heterocycles. The average molecular weight is 523 g/mol. The van der Waals surface area contributed by atoms with Crippen LogP contribution in [-0.4, -0.2) is 29.6 Å². The van der Waals surface area contributed by atoms with E-state index in [9.17, 15) is 4.79 Å². The number of carbonyl (C=O) groups excluding carboxylic acids is 1. The quantitative estimate of drug-likeness (QED) is 0.325. The summed E-state index contributed by atoms with van der Waals surface area (Å²) < 4.78 is 12.0. The fraction of sp³-hybridized carbons (Fsp3) is 0.154. The van der Waals surface area contributed by atoms with Crippen molar-refractivity contribution < 1.29 is 14.3 Å². The Morgan fingerprint density at radius 1 is 1.06 bits per heavy atom. The van der Waals surface area contributed by atoms with Crippen molar-refractivity contribution in [1.29, 1.82) is 0 Å². The molecular formula is C26H23BrN2O3S. The molecule has 1 aliphatic heterocycles. The van der Waals surface area contributed by atoms with Gasteiger partial charge in [-0.1, -0.05) is 36.4 Å². The van der Waals surface area contributed by atoms with E-state index in [2.05, 4.69) is 20.9 Å². The first-order valence-corrected chi connectivity index (χ1v) is 12.1. The number of nitrogens with zero attached hydrogens (tertiary/aromatic N) is 2. The number of thioether (sulfide) groups is 1. The van der Waals surface area contributed by atoms with Gasteiger partial charge in [0.05, 0.1) is 22.2 Å². The van der Waals surface area contributed by atoms with Gasteiger partial charge in [-0.2, -0.15) is 0 Å². The third-order valence-corrected chi connectivity index (χ3v) is 6.62. The number of amidine groups is 1. The minimum Gasteiger partial charge on any atom is -0.497 e. The highest BCUT2D eigenvalue weighted by molar-refractivity contribution is 9.10. The highest BCUT2D eigenvalue weighted by Gasteiger charge is 2.32. The number of rotatable bonds is 7. The van der Waals surface area contributed by atoms with Crippen LogP contribution in [0.5, 0.6) is 11.5 Å². The van der Waals surface area contributed by atoms with Crippen LogP contribution in [0, 0.1) is 0 Å². The van der Waals surface area contributed by atoms with Crippen molar-refractivity contribution >= 4 is 50.5 Å². The maximum atomic E-state index is 13.0. The van der Waals surface area contributed by atoms with Crippen LogP contribution in [0.2, 0.25) is 0 Å². The molecule has 0 spiro atoms. The maximum Gasteiger partial charge on any atom is 0.266 e. The number of ether oxygens (including phenoxy) is 2. The Labute approximate surface area is 206 Å². The summed E-state index contributed by atoms with van der Waals surface area (Å²) in [6.45, 7) is 2.99. The average Bonchev–Trinajstić information content (AvgIpc) is 3.13. The van der Waals surface area contributed by atoms with Gasteiger partial charge in [-0.15, -0.1) is 0 Å². The molecule has 0 bridgehead atoms. The predicted molar refractivity (Wildman–Crippen MR) is 138 cm³/mol. The molecule has 168 valence electrons. The number of halogens is 1. The molecule has 1 amide bonds. The number of methoxy groups -OCH3 is 1. The zero-order valence-corrected chi connectivity index (χ0v) is 20.7. The number of likely N-dealkylation sites (N-methyl/N-ethyl adjacent to an activating group) is 1. The van der Waals surface area contributed by atoms with Crippen LogP contribution < -0.4 is 9.47 Å². The Bertz CT molecular complexity index is 1190. The summed E-state index contributed by atoms with van der Waals surface area (Å²) in [6, 6.07) is 23.3. The Balaban J connectivity index is 1.51. The van der Waals surface area contributed by atoms with Crippen molar-refractivity contribution in [3.05, 3.63) is 93.3 Å². The van der Waals surface area contributed by atoms with E-state index in [0.29, 0.717) is 23.2 Å². The Hall–Kier alpha value is -3.03. The van der Waals surface area contributed by atoms with Gasteiger partial charge in [-0.25, -0.2) is 4.99 Å². The summed E-state index contributed by atoms with van der Waals surface area (Å²) in [5.74, 6) is 1.47. The van der Waals surface area contributed by atoms with Gasteiger partial charge in [0.15, 0.2) is 5.17 Å². The molecule has 4 rings (SSSR count). The van der Waals surface area contributed by atoms with E-state index in [1.165, 1.54) is 11.8 Å². The Morgan fingerprint density at radius 3 is 2.48 bits per heavy atom. The van der Waals surface area contributed by atoms with Crippen molar-refractivity contribution in [2.45, 2.75) is 13.5 Å². The monoisotopic (exact) mass is 522 g/mol. The van der Waals surface area contributed by atoms with Crippen molar-refractivity contribution in [3.8, 4) is 11.5 Å². The first-order valence-electron chi connectivity index (χ1n) is 10.5. The van der Waals surface area contributed by atoms with E-state index >= 15 is 0 Å². The van der Waals surface area contributed by atoms with E-state index in [1.54, 1.807) is 12.0 Å². The molecule has 7 heteroatoms. The van der Waals surface area contributed by atoms with Gasteiger partial charge in [0.1, 0.15) is 18.1 Å².